The lowest BCUT2D eigenvalue weighted by Crippen LogP contribution is -2.19. The number of methoxy groups -OCH3 is 1. The Balaban J connectivity index is 1.73. The topological polar surface area (TPSA) is 84.8 Å². The molecular weight excluding hydrogens is 366 g/mol. The molecule has 0 N–H and O–H groups in total. The van der Waals surface area contributed by atoms with Crippen LogP contribution >= 0.6 is 0 Å². The summed E-state index contributed by atoms with van der Waals surface area (Å²) in [5, 5.41) is 14.7. The third-order valence-corrected chi connectivity index (χ3v) is 5.60. The molecule has 0 saturated carbocycles. The van der Waals surface area contributed by atoms with Crippen molar-refractivity contribution in [2.24, 2.45) is 0 Å². The zero-order valence-electron chi connectivity index (χ0n) is 16.4. The summed E-state index contributed by atoms with van der Waals surface area (Å²) >= 11 is 0. The lowest BCUT2D eigenvalue weighted by atomic mass is 10.1. The number of hydrogen-bond acceptors (Lipinski definition) is 6. The van der Waals surface area contributed by atoms with Crippen LogP contribution < -0.4 is 4.74 Å². The predicted octanol–water partition coefficient (Wildman–Crippen LogP) is 2.59. The molecule has 0 bridgehead atoms. The molecule has 3 aromatic heterocycles. The molecule has 0 radical (unpaired) electrons. The van der Waals surface area contributed by atoms with Crippen LogP contribution in [0.15, 0.2) is 36.8 Å². The highest BCUT2D eigenvalue weighted by molar-refractivity contribution is 6.02. The van der Waals surface area contributed by atoms with Crippen LogP contribution in [0.4, 0.5) is 0 Å². The van der Waals surface area contributed by atoms with Crippen LogP contribution in [0.1, 0.15) is 23.9 Å². The number of likely N-dealkylation sites (tertiary alicyclic amines) is 1. The number of imidazole rings is 1. The lowest BCUT2D eigenvalue weighted by Gasteiger charge is -2.18. The molecule has 0 amide bonds. The first-order valence-corrected chi connectivity index (χ1v) is 9.61. The van der Waals surface area contributed by atoms with Gasteiger partial charge in [0.1, 0.15) is 11.3 Å². The molecule has 0 unspecified atom stereocenters. The van der Waals surface area contributed by atoms with E-state index in [0.717, 1.165) is 53.0 Å². The third-order valence-electron chi connectivity index (χ3n) is 5.60. The van der Waals surface area contributed by atoms with Crippen LogP contribution in [-0.2, 0) is 6.54 Å². The molecule has 1 atom stereocenters. The van der Waals surface area contributed by atoms with E-state index in [1.165, 1.54) is 0 Å². The summed E-state index contributed by atoms with van der Waals surface area (Å²) in [6.45, 7) is 2.55. The molecule has 1 saturated heterocycles. The van der Waals surface area contributed by atoms with Crippen molar-refractivity contribution < 1.29 is 4.74 Å². The Morgan fingerprint density at radius 2 is 2.17 bits per heavy atom. The van der Waals surface area contributed by atoms with Gasteiger partial charge < -0.3 is 14.2 Å². The quantitative estimate of drug-likeness (QED) is 0.535. The van der Waals surface area contributed by atoms with Gasteiger partial charge in [0, 0.05) is 18.0 Å². The van der Waals surface area contributed by atoms with Crippen LogP contribution in [0.5, 0.6) is 5.75 Å². The third kappa shape index (κ3) is 3.00. The molecule has 4 heterocycles. The zero-order chi connectivity index (χ0) is 20.0. The van der Waals surface area contributed by atoms with E-state index in [9.17, 15) is 5.26 Å². The standard InChI is InChI=1S/C21H21N7O/c1-26-6-5-15(11-26)28-20(13-27-12-16(29-2)9-24-27)25-19-10-23-18-4-3-14(8-22)7-17(18)21(19)28/h3-4,7,9-10,12,15H,5-6,11,13H2,1-2H3/t15-/m1/s1. The number of benzene rings is 1. The van der Waals surface area contributed by atoms with Crippen LogP contribution in [0.25, 0.3) is 21.9 Å². The fourth-order valence-electron chi connectivity index (χ4n) is 4.20. The van der Waals surface area contributed by atoms with Crippen molar-refractivity contribution in [1.82, 2.24) is 29.2 Å². The van der Waals surface area contributed by atoms with E-state index < -0.39 is 0 Å². The van der Waals surface area contributed by atoms with Gasteiger partial charge >= 0.3 is 0 Å². The summed E-state index contributed by atoms with van der Waals surface area (Å²) in [5.41, 5.74) is 3.38. The van der Waals surface area contributed by atoms with Gasteiger partial charge in [0.15, 0.2) is 5.75 Å². The van der Waals surface area contributed by atoms with E-state index >= 15 is 0 Å². The second-order valence-electron chi connectivity index (χ2n) is 7.52. The number of aromatic nitrogens is 5. The van der Waals surface area contributed by atoms with Gasteiger partial charge in [0.2, 0.25) is 0 Å². The molecule has 8 nitrogen and oxygen atoms in total. The smallest absolute Gasteiger partial charge is 0.156 e. The Bertz CT molecular complexity index is 1250. The molecule has 0 spiro atoms. The number of nitrogens with zero attached hydrogens (tertiary/aromatic N) is 7. The van der Waals surface area contributed by atoms with E-state index in [-0.39, 0.29) is 0 Å². The van der Waals surface area contributed by atoms with Crippen molar-refractivity contribution in [3.63, 3.8) is 0 Å². The van der Waals surface area contributed by atoms with Crippen molar-refractivity contribution >= 4 is 21.9 Å². The van der Waals surface area contributed by atoms with Gasteiger partial charge in [-0.05, 0) is 38.2 Å². The Kier molecular flexibility index (Phi) is 4.18. The number of rotatable bonds is 4. The molecular formula is C21H21N7O. The lowest BCUT2D eigenvalue weighted by molar-refractivity contribution is 0.390. The highest BCUT2D eigenvalue weighted by Gasteiger charge is 2.27. The number of fused-ring (bicyclic) bond motifs is 3. The van der Waals surface area contributed by atoms with E-state index in [0.29, 0.717) is 18.2 Å². The summed E-state index contributed by atoms with van der Waals surface area (Å²) in [7, 11) is 3.78. The second kappa shape index (κ2) is 6.87. The average Bonchev–Trinajstić information content (AvgIpc) is 3.45. The monoisotopic (exact) mass is 387 g/mol. The SMILES string of the molecule is COc1cnn(Cc2nc3cnc4ccc(C#N)cc4c3n2[C@@H]2CCN(C)C2)c1. The van der Waals surface area contributed by atoms with Crippen molar-refractivity contribution in [3.8, 4) is 11.8 Å². The van der Waals surface area contributed by atoms with Crippen molar-refractivity contribution in [3.05, 3.63) is 48.2 Å². The summed E-state index contributed by atoms with van der Waals surface area (Å²) in [5.74, 6) is 1.65. The zero-order valence-corrected chi connectivity index (χ0v) is 16.4. The van der Waals surface area contributed by atoms with Gasteiger partial charge in [-0.2, -0.15) is 10.4 Å². The van der Waals surface area contributed by atoms with Gasteiger partial charge in [-0.1, -0.05) is 0 Å². The molecule has 1 aliphatic heterocycles. The number of ether oxygens (including phenoxy) is 1. The van der Waals surface area contributed by atoms with Crippen molar-refractivity contribution in [2.75, 3.05) is 27.2 Å². The molecule has 5 rings (SSSR count). The largest absolute Gasteiger partial charge is 0.493 e. The molecule has 146 valence electrons. The van der Waals surface area contributed by atoms with Crippen molar-refractivity contribution in [1.29, 1.82) is 5.26 Å². The highest BCUT2D eigenvalue weighted by Crippen LogP contribution is 2.32. The molecule has 8 heteroatoms. The summed E-state index contributed by atoms with van der Waals surface area (Å²) in [4.78, 5) is 11.8. The number of pyridine rings is 1. The minimum absolute atomic E-state index is 0.314. The minimum Gasteiger partial charge on any atom is -0.493 e. The first-order valence-electron chi connectivity index (χ1n) is 9.61. The van der Waals surface area contributed by atoms with Crippen LogP contribution in [0.3, 0.4) is 0 Å². The second-order valence-corrected chi connectivity index (χ2v) is 7.52. The molecule has 4 aromatic rings. The maximum absolute atomic E-state index is 9.39. The van der Waals surface area contributed by atoms with E-state index in [1.54, 1.807) is 13.3 Å². The Morgan fingerprint density at radius 3 is 2.90 bits per heavy atom. The number of likely N-dealkylation sites (N-methyl/N-ethyl adjacent to an activating group) is 1. The number of nitriles is 1. The molecule has 1 aliphatic rings. The summed E-state index contributed by atoms with van der Waals surface area (Å²) < 4.78 is 9.43. The normalized spacial score (nSPS) is 17.2. The highest BCUT2D eigenvalue weighted by atomic mass is 16.5. The fourth-order valence-corrected chi connectivity index (χ4v) is 4.20. The number of hydrogen-bond donors (Lipinski definition) is 0. The first kappa shape index (κ1) is 17.6. The maximum atomic E-state index is 9.39. The molecule has 0 aliphatic carbocycles. The van der Waals surface area contributed by atoms with E-state index in [2.05, 4.69) is 32.7 Å². The maximum Gasteiger partial charge on any atom is 0.156 e. The Morgan fingerprint density at radius 1 is 1.28 bits per heavy atom. The van der Waals surface area contributed by atoms with E-state index in [1.807, 2.05) is 35.3 Å². The van der Waals surface area contributed by atoms with Gasteiger partial charge in [0.25, 0.3) is 0 Å². The predicted molar refractivity (Wildman–Crippen MR) is 109 cm³/mol. The van der Waals surface area contributed by atoms with Gasteiger partial charge in [0.05, 0.1) is 54.9 Å². The Labute approximate surface area is 167 Å². The van der Waals surface area contributed by atoms with Gasteiger partial charge in [-0.25, -0.2) is 4.98 Å². The van der Waals surface area contributed by atoms with Crippen LogP contribution in [0, 0.1) is 11.3 Å². The summed E-state index contributed by atoms with van der Waals surface area (Å²) in [6, 6.07) is 8.19. The van der Waals surface area contributed by atoms with Gasteiger partial charge in [-0.15, -0.1) is 0 Å². The van der Waals surface area contributed by atoms with Crippen LogP contribution in [-0.4, -0.2) is 56.5 Å². The van der Waals surface area contributed by atoms with Crippen LogP contribution in [0.2, 0.25) is 0 Å². The molecule has 29 heavy (non-hydrogen) atoms. The fraction of sp³-hybridized carbons (Fsp3) is 0.333. The Hall–Kier alpha value is -3.44. The molecule has 1 aromatic carbocycles. The molecule has 1 fully saturated rings. The van der Waals surface area contributed by atoms with E-state index in [4.69, 9.17) is 9.72 Å². The first-order chi connectivity index (χ1) is 14.2. The minimum atomic E-state index is 0.314. The summed E-state index contributed by atoms with van der Waals surface area (Å²) in [6.07, 6.45) is 6.45. The average molecular weight is 387 g/mol. The van der Waals surface area contributed by atoms with Crippen molar-refractivity contribution in [2.45, 2.75) is 19.0 Å². The van der Waals surface area contributed by atoms with Gasteiger partial charge in [-0.3, -0.25) is 9.67 Å².